The molecule has 2 unspecified atom stereocenters. The van der Waals surface area contributed by atoms with E-state index in [-0.39, 0.29) is 23.6 Å². The molecule has 18 heavy (non-hydrogen) atoms. The van der Waals surface area contributed by atoms with Crippen LogP contribution in [0.4, 0.5) is 0 Å². The van der Waals surface area contributed by atoms with Gasteiger partial charge >= 0.3 is 0 Å². The number of amides is 1. The van der Waals surface area contributed by atoms with E-state index in [9.17, 15) is 4.79 Å². The number of nitrogens with zero attached hydrogens (tertiary/aromatic N) is 1. The van der Waals surface area contributed by atoms with Gasteiger partial charge in [0.15, 0.2) is 0 Å². The predicted octanol–water partition coefficient (Wildman–Crippen LogP) is 0.210. The minimum Gasteiger partial charge on any atom is -0.374 e. The number of hydrogen-bond donors (Lipinski definition) is 2. The number of ether oxygens (including phenoxy) is 1. The molecule has 0 radical (unpaired) electrons. The second kappa shape index (κ2) is 6.50. The maximum Gasteiger partial charge on any atom is 0.237 e. The van der Waals surface area contributed by atoms with Crippen molar-refractivity contribution < 1.29 is 9.53 Å². The van der Waals surface area contributed by atoms with Crippen LogP contribution in [0.2, 0.25) is 0 Å². The summed E-state index contributed by atoms with van der Waals surface area (Å²) in [5.74, 6) is 0.0339. The Bertz CT molecular complexity index is 276. The molecule has 2 atom stereocenters. The number of likely N-dealkylation sites (N-methyl/N-ethyl adjacent to an activating group) is 1. The normalized spacial score (nSPS) is 23.7. The summed E-state index contributed by atoms with van der Waals surface area (Å²) in [6.07, 6.45) is 0.175. The molecule has 1 rings (SSSR count). The summed E-state index contributed by atoms with van der Waals surface area (Å²) in [6.45, 7) is 11.2. The zero-order chi connectivity index (χ0) is 13.8. The van der Waals surface area contributed by atoms with E-state index in [1.54, 1.807) is 0 Å². The molecule has 1 saturated heterocycles. The van der Waals surface area contributed by atoms with Gasteiger partial charge in [0.05, 0.1) is 18.8 Å². The van der Waals surface area contributed by atoms with Crippen molar-refractivity contribution in [3.05, 3.63) is 0 Å². The fourth-order valence-electron chi connectivity index (χ4n) is 1.87. The van der Waals surface area contributed by atoms with E-state index in [0.717, 1.165) is 19.7 Å². The van der Waals surface area contributed by atoms with Gasteiger partial charge in [0.2, 0.25) is 5.91 Å². The summed E-state index contributed by atoms with van der Waals surface area (Å²) < 4.78 is 5.64. The highest BCUT2D eigenvalue weighted by molar-refractivity contribution is 5.81. The van der Waals surface area contributed by atoms with Crippen LogP contribution in [0.25, 0.3) is 0 Å². The standard InChI is InChI=1S/C13H27N3O2/c1-10(12(17)15-13(2,3)4)14-8-11-9-16(5)6-7-18-11/h10-11,14H,6-9H2,1-5H3,(H,15,17). The van der Waals surface area contributed by atoms with E-state index >= 15 is 0 Å². The first-order valence-electron chi connectivity index (χ1n) is 6.63. The summed E-state index contributed by atoms with van der Waals surface area (Å²) in [7, 11) is 2.09. The van der Waals surface area contributed by atoms with Crippen molar-refractivity contribution in [1.29, 1.82) is 0 Å². The third-order valence-electron chi connectivity index (χ3n) is 2.89. The Balaban J connectivity index is 2.27. The summed E-state index contributed by atoms with van der Waals surface area (Å²) >= 11 is 0. The van der Waals surface area contributed by atoms with Gasteiger partial charge < -0.3 is 20.3 Å². The van der Waals surface area contributed by atoms with E-state index in [1.165, 1.54) is 0 Å². The molecule has 0 aromatic rings. The second-order valence-corrected chi connectivity index (χ2v) is 6.12. The number of carbonyl (C=O) groups is 1. The van der Waals surface area contributed by atoms with E-state index in [2.05, 4.69) is 22.6 Å². The molecule has 1 aliphatic heterocycles. The molecule has 0 aliphatic carbocycles. The highest BCUT2D eigenvalue weighted by atomic mass is 16.5. The average molecular weight is 257 g/mol. The smallest absolute Gasteiger partial charge is 0.237 e. The van der Waals surface area contributed by atoms with Gasteiger partial charge in [0.25, 0.3) is 0 Å². The second-order valence-electron chi connectivity index (χ2n) is 6.12. The Morgan fingerprint density at radius 2 is 2.17 bits per heavy atom. The van der Waals surface area contributed by atoms with Crippen molar-refractivity contribution in [2.45, 2.75) is 45.4 Å². The van der Waals surface area contributed by atoms with Gasteiger partial charge in [-0.15, -0.1) is 0 Å². The number of rotatable bonds is 4. The van der Waals surface area contributed by atoms with Crippen LogP contribution in [-0.2, 0) is 9.53 Å². The molecule has 0 bridgehead atoms. The highest BCUT2D eigenvalue weighted by Crippen LogP contribution is 2.03. The van der Waals surface area contributed by atoms with Crippen molar-refractivity contribution in [2.24, 2.45) is 0 Å². The lowest BCUT2D eigenvalue weighted by atomic mass is 10.1. The Hall–Kier alpha value is -0.650. The first-order chi connectivity index (χ1) is 8.28. The van der Waals surface area contributed by atoms with Gasteiger partial charge in [-0.2, -0.15) is 0 Å². The summed E-state index contributed by atoms with van der Waals surface area (Å²) in [5, 5.41) is 6.19. The van der Waals surface area contributed by atoms with Crippen molar-refractivity contribution in [1.82, 2.24) is 15.5 Å². The van der Waals surface area contributed by atoms with Crippen LogP contribution in [-0.4, -0.2) is 61.8 Å². The minimum absolute atomic E-state index is 0.0339. The lowest BCUT2D eigenvalue weighted by Crippen LogP contribution is -2.52. The van der Waals surface area contributed by atoms with Gasteiger partial charge in [0.1, 0.15) is 0 Å². The highest BCUT2D eigenvalue weighted by Gasteiger charge is 2.22. The maximum atomic E-state index is 11.9. The molecule has 5 heteroatoms. The van der Waals surface area contributed by atoms with E-state index in [0.29, 0.717) is 6.54 Å². The topological polar surface area (TPSA) is 53.6 Å². The van der Waals surface area contributed by atoms with Gasteiger partial charge in [-0.25, -0.2) is 0 Å². The zero-order valence-corrected chi connectivity index (χ0v) is 12.2. The lowest BCUT2D eigenvalue weighted by molar-refractivity contribution is -0.124. The summed E-state index contributed by atoms with van der Waals surface area (Å²) in [5.41, 5.74) is -0.186. The summed E-state index contributed by atoms with van der Waals surface area (Å²) in [4.78, 5) is 14.1. The third-order valence-corrected chi connectivity index (χ3v) is 2.89. The molecular weight excluding hydrogens is 230 g/mol. The first-order valence-corrected chi connectivity index (χ1v) is 6.63. The number of morpholine rings is 1. The van der Waals surface area contributed by atoms with Crippen LogP contribution < -0.4 is 10.6 Å². The third kappa shape index (κ3) is 5.80. The average Bonchev–Trinajstić information content (AvgIpc) is 2.23. The van der Waals surface area contributed by atoms with Gasteiger partial charge in [-0.05, 0) is 34.7 Å². The maximum absolute atomic E-state index is 11.9. The van der Waals surface area contributed by atoms with Crippen molar-refractivity contribution >= 4 is 5.91 Å². The monoisotopic (exact) mass is 257 g/mol. The van der Waals surface area contributed by atoms with Crippen LogP contribution in [0.1, 0.15) is 27.7 Å². The van der Waals surface area contributed by atoms with Crippen LogP contribution >= 0.6 is 0 Å². The molecule has 2 N–H and O–H groups in total. The van der Waals surface area contributed by atoms with Crippen LogP contribution in [0, 0.1) is 0 Å². The number of carbonyl (C=O) groups excluding carboxylic acids is 1. The molecule has 0 aromatic heterocycles. The Kier molecular flexibility index (Phi) is 5.56. The zero-order valence-electron chi connectivity index (χ0n) is 12.2. The Morgan fingerprint density at radius 3 is 2.72 bits per heavy atom. The molecule has 0 aromatic carbocycles. The molecule has 1 aliphatic rings. The van der Waals surface area contributed by atoms with Crippen LogP contribution in [0.3, 0.4) is 0 Å². The van der Waals surface area contributed by atoms with Crippen molar-refractivity contribution in [2.75, 3.05) is 33.3 Å². The molecular formula is C13H27N3O2. The SMILES string of the molecule is CC(NCC1CN(C)CCO1)C(=O)NC(C)(C)C. The van der Waals surface area contributed by atoms with Crippen LogP contribution in [0.15, 0.2) is 0 Å². The largest absolute Gasteiger partial charge is 0.374 e. The Labute approximate surface area is 110 Å². The van der Waals surface area contributed by atoms with E-state index in [1.807, 2.05) is 27.7 Å². The first kappa shape index (κ1) is 15.4. The van der Waals surface area contributed by atoms with Gasteiger partial charge in [-0.3, -0.25) is 4.79 Å². The molecule has 106 valence electrons. The van der Waals surface area contributed by atoms with Gasteiger partial charge in [-0.1, -0.05) is 0 Å². The quantitative estimate of drug-likeness (QED) is 0.756. The minimum atomic E-state index is -0.194. The fourth-order valence-corrected chi connectivity index (χ4v) is 1.87. The molecule has 1 fully saturated rings. The predicted molar refractivity (Wildman–Crippen MR) is 72.6 cm³/mol. The molecule has 1 heterocycles. The number of hydrogen-bond acceptors (Lipinski definition) is 4. The van der Waals surface area contributed by atoms with Gasteiger partial charge in [0, 0.05) is 25.2 Å². The number of nitrogens with one attached hydrogen (secondary N) is 2. The van der Waals surface area contributed by atoms with E-state index in [4.69, 9.17) is 4.74 Å². The van der Waals surface area contributed by atoms with Crippen LogP contribution in [0.5, 0.6) is 0 Å². The van der Waals surface area contributed by atoms with Crippen molar-refractivity contribution in [3.63, 3.8) is 0 Å². The molecule has 5 nitrogen and oxygen atoms in total. The Morgan fingerprint density at radius 1 is 1.50 bits per heavy atom. The van der Waals surface area contributed by atoms with E-state index < -0.39 is 0 Å². The molecule has 0 saturated carbocycles. The molecule has 0 spiro atoms. The lowest BCUT2D eigenvalue weighted by Gasteiger charge is -2.31. The fraction of sp³-hybridized carbons (Fsp3) is 0.923. The summed E-state index contributed by atoms with van der Waals surface area (Å²) in [6, 6.07) is -0.194. The molecule has 1 amide bonds. The van der Waals surface area contributed by atoms with Crippen molar-refractivity contribution in [3.8, 4) is 0 Å².